The van der Waals surface area contributed by atoms with Crippen molar-refractivity contribution in [3.63, 3.8) is 0 Å². The number of hydrogen-bond donors (Lipinski definition) is 0. The summed E-state index contributed by atoms with van der Waals surface area (Å²) in [4.78, 5) is 11.6. The molecule has 4 unspecified atom stereocenters. The lowest BCUT2D eigenvalue weighted by Gasteiger charge is -2.26. The Bertz CT molecular complexity index is 279. The molecule has 0 saturated carbocycles. The van der Waals surface area contributed by atoms with E-state index in [0.717, 1.165) is 32.3 Å². The van der Waals surface area contributed by atoms with Crippen molar-refractivity contribution in [2.45, 2.75) is 64.3 Å². The van der Waals surface area contributed by atoms with Gasteiger partial charge in [0, 0.05) is 13.0 Å². The largest absolute Gasteiger partial charge is 0.465 e. The fourth-order valence-corrected chi connectivity index (χ4v) is 2.58. The predicted octanol–water partition coefficient (Wildman–Crippen LogP) is 2.30. The second-order valence-electron chi connectivity index (χ2n) is 5.41. The summed E-state index contributed by atoms with van der Waals surface area (Å²) in [6, 6.07) is 0. The van der Waals surface area contributed by atoms with E-state index in [2.05, 4.69) is 13.8 Å². The Balaban J connectivity index is 1.54. The lowest BCUT2D eigenvalue weighted by atomic mass is 9.97. The first kappa shape index (κ1) is 13.8. The standard InChI is InChI=1S/C14H24O4/c1-3-12-13(18-12)4-5-14(15)17-9-11-6-7-16-10(2)8-11/h10-13H,3-9H2,1-2H3. The highest BCUT2D eigenvalue weighted by Gasteiger charge is 2.36. The van der Waals surface area contributed by atoms with Gasteiger partial charge in [-0.25, -0.2) is 0 Å². The minimum absolute atomic E-state index is 0.0838. The molecule has 2 rings (SSSR count). The highest BCUT2D eigenvalue weighted by atomic mass is 16.6. The van der Waals surface area contributed by atoms with Crippen LogP contribution in [0.15, 0.2) is 0 Å². The molecular weight excluding hydrogens is 232 g/mol. The van der Waals surface area contributed by atoms with Gasteiger partial charge in [-0.2, -0.15) is 0 Å². The Morgan fingerprint density at radius 2 is 2.22 bits per heavy atom. The molecule has 4 atom stereocenters. The molecule has 2 fully saturated rings. The van der Waals surface area contributed by atoms with Crippen molar-refractivity contribution in [1.29, 1.82) is 0 Å². The topological polar surface area (TPSA) is 48.1 Å². The van der Waals surface area contributed by atoms with E-state index in [1.807, 2.05) is 0 Å². The Kier molecular flexibility index (Phi) is 5.01. The Morgan fingerprint density at radius 3 is 2.89 bits per heavy atom. The van der Waals surface area contributed by atoms with Gasteiger partial charge in [0.25, 0.3) is 0 Å². The second kappa shape index (κ2) is 6.53. The van der Waals surface area contributed by atoms with E-state index in [9.17, 15) is 4.79 Å². The highest BCUT2D eigenvalue weighted by molar-refractivity contribution is 5.69. The third-order valence-corrected chi connectivity index (χ3v) is 3.80. The molecule has 0 aromatic heterocycles. The van der Waals surface area contributed by atoms with Crippen LogP contribution < -0.4 is 0 Å². The maximum absolute atomic E-state index is 11.6. The van der Waals surface area contributed by atoms with Gasteiger partial charge in [0.1, 0.15) is 0 Å². The van der Waals surface area contributed by atoms with Crippen molar-refractivity contribution in [2.75, 3.05) is 13.2 Å². The summed E-state index contributed by atoms with van der Waals surface area (Å²) in [5, 5.41) is 0. The summed E-state index contributed by atoms with van der Waals surface area (Å²) in [6.07, 6.45) is 5.31. The highest BCUT2D eigenvalue weighted by Crippen LogP contribution is 2.29. The Labute approximate surface area is 109 Å². The maximum Gasteiger partial charge on any atom is 0.305 e. The van der Waals surface area contributed by atoms with Gasteiger partial charge in [0.15, 0.2) is 0 Å². The molecule has 0 spiro atoms. The fraction of sp³-hybridized carbons (Fsp3) is 0.929. The molecule has 4 nitrogen and oxygen atoms in total. The molecule has 0 aromatic rings. The quantitative estimate of drug-likeness (QED) is 0.540. The van der Waals surface area contributed by atoms with Crippen molar-refractivity contribution in [3.8, 4) is 0 Å². The lowest BCUT2D eigenvalue weighted by Crippen LogP contribution is -2.27. The molecule has 0 aromatic carbocycles. The van der Waals surface area contributed by atoms with Gasteiger partial charge >= 0.3 is 5.97 Å². The first-order valence-corrected chi connectivity index (χ1v) is 7.11. The fourth-order valence-electron chi connectivity index (χ4n) is 2.58. The van der Waals surface area contributed by atoms with Crippen LogP contribution in [0.3, 0.4) is 0 Å². The molecule has 18 heavy (non-hydrogen) atoms. The monoisotopic (exact) mass is 256 g/mol. The van der Waals surface area contributed by atoms with Gasteiger partial charge in [-0.1, -0.05) is 6.92 Å². The van der Waals surface area contributed by atoms with Crippen LogP contribution in [0.2, 0.25) is 0 Å². The molecule has 0 amide bonds. The van der Waals surface area contributed by atoms with E-state index in [1.54, 1.807) is 0 Å². The number of esters is 1. The minimum atomic E-state index is -0.0838. The minimum Gasteiger partial charge on any atom is -0.465 e. The molecule has 4 heteroatoms. The van der Waals surface area contributed by atoms with Crippen molar-refractivity contribution in [1.82, 2.24) is 0 Å². The van der Waals surface area contributed by atoms with Gasteiger partial charge in [-0.3, -0.25) is 4.79 Å². The molecule has 0 bridgehead atoms. The van der Waals surface area contributed by atoms with Crippen LogP contribution in [0.1, 0.15) is 46.0 Å². The molecule has 104 valence electrons. The van der Waals surface area contributed by atoms with Crippen molar-refractivity contribution in [3.05, 3.63) is 0 Å². The zero-order valence-corrected chi connectivity index (χ0v) is 11.4. The number of ether oxygens (including phenoxy) is 3. The van der Waals surface area contributed by atoms with E-state index in [4.69, 9.17) is 14.2 Å². The van der Waals surface area contributed by atoms with Gasteiger partial charge in [0.05, 0.1) is 24.9 Å². The van der Waals surface area contributed by atoms with Crippen LogP contribution in [0.5, 0.6) is 0 Å². The SMILES string of the molecule is CCC1OC1CCC(=O)OCC1CCOC(C)C1. The van der Waals surface area contributed by atoms with E-state index in [1.165, 1.54) is 0 Å². The summed E-state index contributed by atoms with van der Waals surface area (Å²) >= 11 is 0. The number of carbonyl (C=O) groups is 1. The summed E-state index contributed by atoms with van der Waals surface area (Å²) in [7, 11) is 0. The van der Waals surface area contributed by atoms with Crippen LogP contribution in [0.25, 0.3) is 0 Å². The zero-order valence-electron chi connectivity index (χ0n) is 11.4. The average Bonchev–Trinajstić information content (AvgIpc) is 3.13. The lowest BCUT2D eigenvalue weighted by molar-refractivity contribution is -0.146. The Morgan fingerprint density at radius 1 is 1.39 bits per heavy atom. The van der Waals surface area contributed by atoms with Crippen LogP contribution >= 0.6 is 0 Å². The average molecular weight is 256 g/mol. The number of rotatable bonds is 6. The third-order valence-electron chi connectivity index (χ3n) is 3.80. The summed E-state index contributed by atoms with van der Waals surface area (Å²) in [5.41, 5.74) is 0. The van der Waals surface area contributed by atoms with Gasteiger partial charge in [0.2, 0.25) is 0 Å². The van der Waals surface area contributed by atoms with E-state index < -0.39 is 0 Å². The summed E-state index contributed by atoms with van der Waals surface area (Å²) in [5.74, 6) is 0.387. The first-order chi connectivity index (χ1) is 8.69. The van der Waals surface area contributed by atoms with Crippen LogP contribution in [-0.2, 0) is 19.0 Å². The molecule has 2 heterocycles. The smallest absolute Gasteiger partial charge is 0.305 e. The second-order valence-corrected chi connectivity index (χ2v) is 5.41. The third kappa shape index (κ3) is 4.25. The normalized spacial score (nSPS) is 35.2. The van der Waals surface area contributed by atoms with Crippen molar-refractivity contribution in [2.24, 2.45) is 5.92 Å². The molecule has 0 N–H and O–H groups in total. The summed E-state index contributed by atoms with van der Waals surface area (Å²) in [6.45, 7) is 5.52. The van der Waals surface area contributed by atoms with E-state index in [-0.39, 0.29) is 5.97 Å². The van der Waals surface area contributed by atoms with E-state index in [0.29, 0.717) is 37.3 Å². The molecule has 2 saturated heterocycles. The molecular formula is C14H24O4. The molecule has 0 radical (unpaired) electrons. The number of hydrogen-bond acceptors (Lipinski definition) is 4. The van der Waals surface area contributed by atoms with Crippen LogP contribution in [0, 0.1) is 5.92 Å². The number of epoxide rings is 1. The first-order valence-electron chi connectivity index (χ1n) is 7.11. The van der Waals surface area contributed by atoms with E-state index >= 15 is 0 Å². The zero-order chi connectivity index (χ0) is 13.0. The van der Waals surface area contributed by atoms with Crippen molar-refractivity contribution >= 4 is 5.97 Å². The van der Waals surface area contributed by atoms with Gasteiger partial charge in [-0.05, 0) is 38.5 Å². The predicted molar refractivity (Wildman–Crippen MR) is 67.3 cm³/mol. The molecule has 2 aliphatic heterocycles. The van der Waals surface area contributed by atoms with Gasteiger partial charge in [-0.15, -0.1) is 0 Å². The molecule has 2 aliphatic rings. The maximum atomic E-state index is 11.6. The van der Waals surface area contributed by atoms with Crippen LogP contribution in [0.4, 0.5) is 0 Å². The van der Waals surface area contributed by atoms with Crippen LogP contribution in [-0.4, -0.2) is 37.5 Å². The Hall–Kier alpha value is -0.610. The van der Waals surface area contributed by atoms with Crippen molar-refractivity contribution < 1.29 is 19.0 Å². The number of carbonyl (C=O) groups excluding carboxylic acids is 1. The summed E-state index contributed by atoms with van der Waals surface area (Å²) < 4.78 is 16.2. The molecule has 0 aliphatic carbocycles. The van der Waals surface area contributed by atoms with Gasteiger partial charge < -0.3 is 14.2 Å².